The van der Waals surface area contributed by atoms with Crippen molar-refractivity contribution in [3.63, 3.8) is 0 Å². The Hall–Kier alpha value is -2.22. The molecule has 0 aromatic carbocycles. The summed E-state index contributed by atoms with van der Waals surface area (Å²) < 4.78 is 0. The summed E-state index contributed by atoms with van der Waals surface area (Å²) in [6.07, 6.45) is 0. The van der Waals surface area contributed by atoms with Gasteiger partial charge in [0.1, 0.15) is 18.1 Å². The van der Waals surface area contributed by atoms with Crippen LogP contribution in [0.25, 0.3) is 0 Å². The highest BCUT2D eigenvalue weighted by molar-refractivity contribution is 5.03. The van der Waals surface area contributed by atoms with E-state index in [0.29, 0.717) is 0 Å². The Labute approximate surface area is 97.7 Å². The number of hydrogen-bond donors (Lipinski definition) is 0. The fraction of sp³-hybridized carbons (Fsp3) is 0.778. The molecule has 92 valence electrons. The first-order chi connectivity index (χ1) is 7.66. The van der Waals surface area contributed by atoms with Crippen molar-refractivity contribution in [3.8, 4) is 12.1 Å². The van der Waals surface area contributed by atoms with Crippen LogP contribution in [0.2, 0.25) is 0 Å². The normalized spacial score (nSPS) is 14.5. The highest BCUT2D eigenvalue weighted by atomic mass is 16.6. The largest absolute Gasteiger partial charge is 0.307 e. The molecule has 0 aliphatic rings. The first kappa shape index (κ1) is 14.8. The summed E-state index contributed by atoms with van der Waals surface area (Å²) in [5, 5.41) is 38.9. The molecule has 0 fully saturated rings. The van der Waals surface area contributed by atoms with Gasteiger partial charge in [-0.3, -0.25) is 20.2 Å². The van der Waals surface area contributed by atoms with Crippen molar-refractivity contribution in [2.45, 2.75) is 32.9 Å². The van der Waals surface area contributed by atoms with E-state index in [0.717, 1.165) is 0 Å². The molecule has 0 rings (SSSR count). The minimum Gasteiger partial charge on any atom is -0.263 e. The van der Waals surface area contributed by atoms with E-state index in [9.17, 15) is 20.2 Å². The van der Waals surface area contributed by atoms with Crippen molar-refractivity contribution in [1.82, 2.24) is 0 Å². The lowest BCUT2D eigenvalue weighted by molar-refractivity contribution is -0.562. The zero-order valence-electron chi connectivity index (χ0n) is 9.65. The number of nitriles is 2. The van der Waals surface area contributed by atoms with Gasteiger partial charge in [-0.1, -0.05) is 20.8 Å². The third-order valence-corrected chi connectivity index (χ3v) is 2.40. The highest BCUT2D eigenvalue weighted by Crippen LogP contribution is 2.33. The smallest absolute Gasteiger partial charge is 0.263 e. The number of nitro groups is 2. The van der Waals surface area contributed by atoms with Crippen molar-refractivity contribution in [2.75, 3.05) is 0 Å². The minimum absolute atomic E-state index is 0.885. The van der Waals surface area contributed by atoms with Crippen molar-refractivity contribution in [3.05, 3.63) is 20.2 Å². The molecular formula is C9H12N4O4. The van der Waals surface area contributed by atoms with Gasteiger partial charge < -0.3 is 0 Å². The molecule has 0 saturated heterocycles. The molecule has 0 unspecified atom stereocenters. The first-order valence-corrected chi connectivity index (χ1v) is 4.73. The van der Waals surface area contributed by atoms with Crippen molar-refractivity contribution in [2.24, 2.45) is 11.3 Å². The lowest BCUT2D eigenvalue weighted by Crippen LogP contribution is -2.46. The van der Waals surface area contributed by atoms with Crippen LogP contribution >= 0.6 is 0 Å². The third-order valence-electron chi connectivity index (χ3n) is 2.40. The predicted molar refractivity (Wildman–Crippen MR) is 55.7 cm³/mol. The first-order valence-electron chi connectivity index (χ1n) is 4.73. The van der Waals surface area contributed by atoms with Crippen LogP contribution in [0.3, 0.4) is 0 Å². The predicted octanol–water partition coefficient (Wildman–Crippen LogP) is 0.986. The maximum absolute atomic E-state index is 10.7. The molecule has 17 heavy (non-hydrogen) atoms. The van der Waals surface area contributed by atoms with E-state index in [1.807, 2.05) is 0 Å². The second-order valence-electron chi connectivity index (χ2n) is 4.61. The molecule has 0 N–H and O–H groups in total. The standard InChI is InChI=1S/C9H12N4O4/c1-9(2,3)8(6(4-10)12(14)15)7(5-11)13(16)17/h6-8H,1-3H3/t6-,7-/m0/s1. The Bertz CT molecular complexity index is 369. The fourth-order valence-corrected chi connectivity index (χ4v) is 1.64. The van der Waals surface area contributed by atoms with E-state index in [4.69, 9.17) is 10.5 Å². The zero-order valence-corrected chi connectivity index (χ0v) is 9.65. The van der Waals surface area contributed by atoms with Gasteiger partial charge in [0.05, 0.1) is 0 Å². The van der Waals surface area contributed by atoms with E-state index in [-0.39, 0.29) is 0 Å². The minimum atomic E-state index is -1.77. The molecule has 0 heterocycles. The number of nitrogens with zero attached hydrogens (tertiary/aromatic N) is 4. The van der Waals surface area contributed by atoms with Gasteiger partial charge in [-0.2, -0.15) is 10.5 Å². The topological polar surface area (TPSA) is 134 Å². The summed E-state index contributed by atoms with van der Waals surface area (Å²) in [5.41, 5.74) is -0.902. The van der Waals surface area contributed by atoms with Crippen LogP contribution in [-0.2, 0) is 0 Å². The van der Waals surface area contributed by atoms with Crippen LogP contribution in [0.15, 0.2) is 0 Å². The third kappa shape index (κ3) is 3.38. The van der Waals surface area contributed by atoms with Gasteiger partial charge in [0, 0.05) is 9.85 Å². The fourth-order valence-electron chi connectivity index (χ4n) is 1.64. The monoisotopic (exact) mass is 240 g/mol. The van der Waals surface area contributed by atoms with Crippen LogP contribution in [0.4, 0.5) is 0 Å². The Balaban J connectivity index is 5.60. The second-order valence-corrected chi connectivity index (χ2v) is 4.61. The van der Waals surface area contributed by atoms with Gasteiger partial charge >= 0.3 is 12.1 Å². The molecular weight excluding hydrogens is 228 g/mol. The van der Waals surface area contributed by atoms with Crippen LogP contribution in [0.5, 0.6) is 0 Å². The number of rotatable bonds is 4. The molecule has 0 bridgehead atoms. The number of hydrogen-bond acceptors (Lipinski definition) is 6. The van der Waals surface area contributed by atoms with E-state index in [1.165, 1.54) is 32.9 Å². The molecule has 0 aromatic heterocycles. The second kappa shape index (κ2) is 5.21. The van der Waals surface area contributed by atoms with Crippen molar-refractivity contribution < 1.29 is 9.85 Å². The van der Waals surface area contributed by atoms with E-state index in [1.54, 1.807) is 0 Å². The summed E-state index contributed by atoms with van der Waals surface area (Å²) in [5.74, 6) is -1.28. The summed E-state index contributed by atoms with van der Waals surface area (Å²) in [4.78, 5) is 19.7. The molecule has 0 saturated carbocycles. The van der Waals surface area contributed by atoms with Crippen molar-refractivity contribution in [1.29, 1.82) is 10.5 Å². The van der Waals surface area contributed by atoms with Gasteiger partial charge in [0.25, 0.3) is 0 Å². The average molecular weight is 240 g/mol. The average Bonchev–Trinajstić information content (AvgIpc) is 2.15. The van der Waals surface area contributed by atoms with Crippen molar-refractivity contribution >= 4 is 0 Å². The quantitative estimate of drug-likeness (QED) is 0.531. The van der Waals surface area contributed by atoms with Gasteiger partial charge in [0.15, 0.2) is 0 Å². The summed E-state index contributed by atoms with van der Waals surface area (Å²) in [7, 11) is 0. The van der Waals surface area contributed by atoms with Crippen LogP contribution in [-0.4, -0.2) is 21.9 Å². The summed E-state index contributed by atoms with van der Waals surface area (Å²) in [6, 6.07) is -0.700. The Morgan fingerprint density at radius 2 is 1.29 bits per heavy atom. The van der Waals surface area contributed by atoms with Gasteiger partial charge in [-0.15, -0.1) is 0 Å². The molecule has 8 nitrogen and oxygen atoms in total. The van der Waals surface area contributed by atoms with Crippen LogP contribution < -0.4 is 0 Å². The summed E-state index contributed by atoms with van der Waals surface area (Å²) >= 11 is 0. The van der Waals surface area contributed by atoms with Gasteiger partial charge in [-0.05, 0) is 5.41 Å². The maximum Gasteiger partial charge on any atom is 0.307 e. The molecule has 2 atom stereocenters. The Morgan fingerprint density at radius 1 is 1.00 bits per heavy atom. The Morgan fingerprint density at radius 3 is 1.41 bits per heavy atom. The lowest BCUT2D eigenvalue weighted by atomic mass is 9.73. The molecule has 0 aromatic rings. The van der Waals surface area contributed by atoms with Gasteiger partial charge in [-0.25, -0.2) is 0 Å². The van der Waals surface area contributed by atoms with E-state index >= 15 is 0 Å². The summed E-state index contributed by atoms with van der Waals surface area (Å²) in [6.45, 7) is 4.58. The highest BCUT2D eigenvalue weighted by Gasteiger charge is 2.51. The van der Waals surface area contributed by atoms with E-state index < -0.39 is 33.3 Å². The zero-order chi connectivity index (χ0) is 13.8. The Kier molecular flexibility index (Phi) is 4.53. The molecule has 0 spiro atoms. The molecule has 0 amide bonds. The van der Waals surface area contributed by atoms with E-state index in [2.05, 4.69) is 0 Å². The van der Waals surface area contributed by atoms with Crippen LogP contribution in [0.1, 0.15) is 20.8 Å². The molecule has 0 radical (unpaired) electrons. The molecule has 0 aliphatic carbocycles. The van der Waals surface area contributed by atoms with Crippen LogP contribution in [0, 0.1) is 54.2 Å². The molecule has 8 heteroatoms. The SMILES string of the molecule is CC(C)(C)C([C@H](C#N)[N+](=O)[O-])[C@H](C#N)[N+](=O)[O-]. The lowest BCUT2D eigenvalue weighted by Gasteiger charge is -2.28. The maximum atomic E-state index is 10.7. The van der Waals surface area contributed by atoms with Gasteiger partial charge in [0.2, 0.25) is 0 Å². The molecule has 0 aliphatic heterocycles.